The van der Waals surface area contributed by atoms with Crippen LogP contribution in [-0.4, -0.2) is 69.9 Å². The molecule has 2 atom stereocenters. The molecule has 188 valence electrons. The van der Waals surface area contributed by atoms with Gasteiger partial charge in [0, 0.05) is 44.8 Å². The summed E-state index contributed by atoms with van der Waals surface area (Å²) in [6.07, 6.45) is 11.8. The van der Waals surface area contributed by atoms with Gasteiger partial charge in [-0.2, -0.15) is 0 Å². The Morgan fingerprint density at radius 2 is 1.49 bits per heavy atom. The van der Waals surface area contributed by atoms with Crippen LogP contribution in [0.5, 0.6) is 0 Å². The van der Waals surface area contributed by atoms with Gasteiger partial charge in [0.25, 0.3) is 0 Å². The van der Waals surface area contributed by atoms with E-state index in [0.717, 1.165) is 37.4 Å². The molecule has 3 aliphatic heterocycles. The van der Waals surface area contributed by atoms with E-state index in [4.69, 9.17) is 4.98 Å². The topological polar surface area (TPSA) is 61.7 Å². The maximum Gasteiger partial charge on any atom is 0.234 e. The van der Waals surface area contributed by atoms with Crippen LogP contribution < -0.4 is 4.90 Å². The van der Waals surface area contributed by atoms with E-state index in [1.165, 1.54) is 55.4 Å². The van der Waals surface area contributed by atoms with Crippen LogP contribution in [0.2, 0.25) is 0 Å². The Morgan fingerprint density at radius 3 is 2.14 bits per heavy atom. The lowest BCUT2D eigenvalue weighted by Gasteiger charge is -2.46. The number of fused-ring (bicyclic) bond motifs is 2. The molecule has 4 aliphatic rings. The number of imide groups is 1. The van der Waals surface area contributed by atoms with Crippen molar-refractivity contribution < 1.29 is 9.59 Å². The zero-order chi connectivity index (χ0) is 24.2. The predicted octanol–water partition coefficient (Wildman–Crippen LogP) is 4.23. The second-order valence-corrected chi connectivity index (χ2v) is 11.6. The Morgan fingerprint density at radius 1 is 0.886 bits per heavy atom. The quantitative estimate of drug-likeness (QED) is 0.619. The van der Waals surface area contributed by atoms with Crippen molar-refractivity contribution in [3.05, 3.63) is 24.3 Å². The number of hydrogen-bond donors (Lipinski definition) is 0. The number of amides is 2. The van der Waals surface area contributed by atoms with E-state index >= 15 is 0 Å². The van der Waals surface area contributed by atoms with Crippen molar-refractivity contribution in [1.82, 2.24) is 19.4 Å². The minimum absolute atomic E-state index is 0.0362. The average molecular weight is 478 g/mol. The number of nitrogens with zero attached hydrogens (tertiary/aromatic N) is 5. The number of anilines is 1. The molecule has 2 unspecified atom stereocenters. The highest BCUT2D eigenvalue weighted by molar-refractivity contribution is 6.06. The summed E-state index contributed by atoms with van der Waals surface area (Å²) in [5.74, 6) is 0.403. The van der Waals surface area contributed by atoms with Crippen LogP contribution >= 0.6 is 0 Å². The highest BCUT2D eigenvalue weighted by atomic mass is 16.2. The van der Waals surface area contributed by atoms with Gasteiger partial charge < -0.3 is 9.47 Å². The molecule has 4 heterocycles. The number of carbonyl (C=O) groups excluding carboxylic acids is 2. The molecule has 4 fully saturated rings. The van der Waals surface area contributed by atoms with Gasteiger partial charge in [0.05, 0.1) is 22.9 Å². The molecule has 1 aliphatic carbocycles. The van der Waals surface area contributed by atoms with E-state index in [0.29, 0.717) is 24.7 Å². The molecule has 7 heteroatoms. The zero-order valence-corrected chi connectivity index (χ0v) is 21.3. The number of hydrogen-bond acceptors (Lipinski definition) is 5. The van der Waals surface area contributed by atoms with Gasteiger partial charge in [-0.3, -0.25) is 19.4 Å². The molecule has 7 nitrogen and oxygen atoms in total. The lowest BCUT2D eigenvalue weighted by molar-refractivity contribution is -0.138. The van der Waals surface area contributed by atoms with Gasteiger partial charge in [0.2, 0.25) is 17.8 Å². The van der Waals surface area contributed by atoms with Gasteiger partial charge in [0.1, 0.15) is 0 Å². The van der Waals surface area contributed by atoms with Gasteiger partial charge in [-0.15, -0.1) is 0 Å². The first-order valence-electron chi connectivity index (χ1n) is 13.7. The van der Waals surface area contributed by atoms with Crippen molar-refractivity contribution in [2.45, 2.75) is 76.3 Å². The van der Waals surface area contributed by atoms with E-state index in [1.807, 2.05) is 6.07 Å². The molecule has 1 aromatic heterocycles. The average Bonchev–Trinajstić information content (AvgIpc) is 3.52. The number of imidazole rings is 1. The third-order valence-electron chi connectivity index (χ3n) is 9.50. The fourth-order valence-electron chi connectivity index (χ4n) is 7.34. The minimum Gasteiger partial charge on any atom is -0.341 e. The molecule has 35 heavy (non-hydrogen) atoms. The van der Waals surface area contributed by atoms with Crippen LogP contribution in [-0.2, 0) is 9.59 Å². The summed E-state index contributed by atoms with van der Waals surface area (Å²) in [6, 6.07) is 8.79. The second kappa shape index (κ2) is 8.91. The normalized spacial score (nSPS) is 28.5. The Balaban J connectivity index is 1.25. The highest BCUT2D eigenvalue weighted by Crippen LogP contribution is 2.40. The van der Waals surface area contributed by atoms with Gasteiger partial charge in [-0.25, -0.2) is 4.98 Å². The lowest BCUT2D eigenvalue weighted by Crippen LogP contribution is -2.50. The van der Waals surface area contributed by atoms with Gasteiger partial charge >= 0.3 is 0 Å². The van der Waals surface area contributed by atoms with E-state index < -0.39 is 0 Å². The van der Waals surface area contributed by atoms with Crippen molar-refractivity contribution >= 4 is 28.8 Å². The van der Waals surface area contributed by atoms with E-state index in [2.05, 4.69) is 39.5 Å². The van der Waals surface area contributed by atoms with Gasteiger partial charge in [0.15, 0.2) is 0 Å². The fourth-order valence-corrected chi connectivity index (χ4v) is 7.34. The van der Waals surface area contributed by atoms with Crippen LogP contribution in [0, 0.1) is 11.8 Å². The van der Waals surface area contributed by atoms with Crippen molar-refractivity contribution in [3.8, 4) is 0 Å². The summed E-state index contributed by atoms with van der Waals surface area (Å²) in [7, 11) is 1.62. The Kier molecular flexibility index (Phi) is 5.86. The molecule has 0 spiro atoms. The number of carbonyl (C=O) groups is 2. The third-order valence-corrected chi connectivity index (χ3v) is 9.50. The smallest absolute Gasteiger partial charge is 0.234 e. The summed E-state index contributed by atoms with van der Waals surface area (Å²) in [6.45, 7) is 5.92. The number of piperidine rings is 1. The Bertz CT molecular complexity index is 1090. The van der Waals surface area contributed by atoms with E-state index in [9.17, 15) is 9.59 Å². The van der Waals surface area contributed by atoms with Crippen molar-refractivity contribution in [1.29, 1.82) is 0 Å². The van der Waals surface area contributed by atoms with Gasteiger partial charge in [-0.1, -0.05) is 44.2 Å². The molecule has 6 rings (SSSR count). The fraction of sp³-hybridized carbons (Fsp3) is 0.679. The highest BCUT2D eigenvalue weighted by Gasteiger charge is 2.52. The zero-order valence-electron chi connectivity index (χ0n) is 21.3. The monoisotopic (exact) mass is 477 g/mol. The summed E-state index contributed by atoms with van der Waals surface area (Å²) in [5, 5.41) is 0. The molecule has 0 radical (unpaired) electrons. The van der Waals surface area contributed by atoms with Gasteiger partial charge in [-0.05, 0) is 44.7 Å². The third kappa shape index (κ3) is 3.87. The van der Waals surface area contributed by atoms with Crippen molar-refractivity contribution in [2.24, 2.45) is 11.8 Å². The van der Waals surface area contributed by atoms with Crippen LogP contribution in [0.3, 0.4) is 0 Å². The van der Waals surface area contributed by atoms with Crippen LogP contribution in [0.1, 0.15) is 70.8 Å². The molecule has 2 aromatic rings. The second-order valence-electron chi connectivity index (χ2n) is 11.6. The number of para-hydroxylation sites is 2. The van der Waals surface area contributed by atoms with Crippen LogP contribution in [0.4, 0.5) is 5.95 Å². The molecule has 3 saturated heterocycles. The molecule has 2 amide bonds. The minimum atomic E-state index is -0.234. The molecule has 1 saturated carbocycles. The van der Waals surface area contributed by atoms with E-state index in [1.54, 1.807) is 7.05 Å². The number of rotatable bonds is 3. The molecule has 0 N–H and O–H groups in total. The predicted molar refractivity (Wildman–Crippen MR) is 137 cm³/mol. The Labute approximate surface area is 208 Å². The maximum atomic E-state index is 12.6. The first kappa shape index (κ1) is 23.0. The maximum absolute atomic E-state index is 12.6. The first-order valence-corrected chi connectivity index (χ1v) is 13.7. The van der Waals surface area contributed by atoms with Crippen molar-refractivity contribution in [3.63, 3.8) is 0 Å². The summed E-state index contributed by atoms with van der Waals surface area (Å²) >= 11 is 0. The molecule has 0 bridgehead atoms. The lowest BCUT2D eigenvalue weighted by atomic mass is 9.82. The van der Waals surface area contributed by atoms with Crippen molar-refractivity contribution in [2.75, 3.05) is 38.1 Å². The molecule has 1 aromatic carbocycles. The number of likely N-dealkylation sites (tertiary alicyclic amines) is 2. The summed E-state index contributed by atoms with van der Waals surface area (Å²) in [5.41, 5.74) is 2.51. The number of aromatic nitrogens is 2. The van der Waals surface area contributed by atoms with Crippen LogP contribution in [0.25, 0.3) is 11.0 Å². The standard InChI is InChI=1S/C28H39N5O2/c1-28(14-8-4-3-5-9-15-28)32-16-12-20(13-17-32)33-24-11-7-6-10-23(24)29-27(33)31-18-21-22(19-31)26(35)30(2)25(21)34/h6-7,10-11,20-22H,3-5,8-9,12-19H2,1-2H3. The molecular weight excluding hydrogens is 438 g/mol. The Hall–Kier alpha value is -2.41. The molecular formula is C28H39N5O2. The summed E-state index contributed by atoms with van der Waals surface area (Å²) < 4.78 is 2.44. The summed E-state index contributed by atoms with van der Waals surface area (Å²) in [4.78, 5) is 36.6. The van der Waals surface area contributed by atoms with E-state index in [-0.39, 0.29) is 23.7 Å². The SMILES string of the molecule is CN1C(=O)C2CN(c3nc4ccccc4n3C3CCN(C4(C)CCCCCCC4)CC3)CC2C1=O. The first-order chi connectivity index (χ1) is 17.0. The van der Waals surface area contributed by atoms with Crippen LogP contribution in [0.15, 0.2) is 24.3 Å². The number of benzene rings is 1. The largest absolute Gasteiger partial charge is 0.341 e.